The molecule has 1 aromatic carbocycles. The molecular formula is C17H22N2O2. The lowest BCUT2D eigenvalue weighted by molar-refractivity contribution is 0.0926. The fraction of sp³-hybridized carbons (Fsp3) is 0.412. The van der Waals surface area contributed by atoms with Crippen molar-refractivity contribution in [2.24, 2.45) is 0 Å². The van der Waals surface area contributed by atoms with Crippen LogP contribution in [0.25, 0.3) is 0 Å². The molecule has 0 saturated heterocycles. The second-order valence-corrected chi connectivity index (χ2v) is 5.58. The summed E-state index contributed by atoms with van der Waals surface area (Å²) in [5, 5.41) is 6.75. The van der Waals surface area contributed by atoms with Gasteiger partial charge in [-0.25, -0.2) is 0 Å². The lowest BCUT2D eigenvalue weighted by Crippen LogP contribution is -2.28. The average molecular weight is 286 g/mol. The van der Waals surface area contributed by atoms with E-state index in [1.54, 1.807) is 13.0 Å². The topological polar surface area (TPSA) is 55.1 Å². The number of benzene rings is 1. The van der Waals surface area contributed by atoms with Crippen molar-refractivity contribution >= 4 is 5.91 Å². The number of carbonyl (C=O) groups is 1. The molecule has 112 valence electrons. The number of nitrogens with one attached hydrogen (secondary N) is 1. The predicted octanol–water partition coefficient (Wildman–Crippen LogP) is 3.99. The molecule has 0 saturated carbocycles. The van der Waals surface area contributed by atoms with Gasteiger partial charge in [0, 0.05) is 6.07 Å². The molecular weight excluding hydrogens is 264 g/mol. The molecule has 4 heteroatoms. The van der Waals surface area contributed by atoms with Crippen molar-refractivity contribution in [1.82, 2.24) is 10.5 Å². The maximum Gasteiger partial charge on any atom is 0.273 e. The number of aryl methyl sites for hydroxylation is 1. The quantitative estimate of drug-likeness (QED) is 0.904. The molecule has 0 fully saturated rings. The number of nitrogens with zero attached hydrogens (tertiary/aromatic N) is 1. The molecule has 0 bridgehead atoms. The Morgan fingerprint density at radius 1 is 1.24 bits per heavy atom. The third-order valence-corrected chi connectivity index (χ3v) is 3.58. The van der Waals surface area contributed by atoms with Crippen molar-refractivity contribution in [2.75, 3.05) is 0 Å². The van der Waals surface area contributed by atoms with Gasteiger partial charge in [-0.05, 0) is 30.4 Å². The lowest BCUT2D eigenvalue weighted by Gasteiger charge is -2.17. The number of carbonyl (C=O) groups excluding carboxylic acids is 1. The predicted molar refractivity (Wildman–Crippen MR) is 82.3 cm³/mol. The van der Waals surface area contributed by atoms with Gasteiger partial charge in [0.05, 0.1) is 6.04 Å². The van der Waals surface area contributed by atoms with E-state index in [-0.39, 0.29) is 11.9 Å². The highest BCUT2D eigenvalue weighted by molar-refractivity contribution is 5.92. The number of hydrogen-bond acceptors (Lipinski definition) is 3. The normalized spacial score (nSPS) is 12.4. The SMILES string of the molecule is CC[C@@H](NC(=O)c1cc(C)on1)c1ccc(C(C)C)cc1. The van der Waals surface area contributed by atoms with Gasteiger partial charge in [0.1, 0.15) is 5.76 Å². The molecule has 1 aromatic heterocycles. The van der Waals surface area contributed by atoms with Crippen LogP contribution in [-0.4, -0.2) is 11.1 Å². The first-order valence-corrected chi connectivity index (χ1v) is 7.35. The van der Waals surface area contributed by atoms with Gasteiger partial charge < -0.3 is 9.84 Å². The Morgan fingerprint density at radius 2 is 1.86 bits per heavy atom. The number of hydrogen-bond donors (Lipinski definition) is 1. The van der Waals surface area contributed by atoms with Gasteiger partial charge in [0.15, 0.2) is 5.69 Å². The highest BCUT2D eigenvalue weighted by Crippen LogP contribution is 2.21. The number of rotatable bonds is 5. The third kappa shape index (κ3) is 3.72. The van der Waals surface area contributed by atoms with E-state index in [9.17, 15) is 4.79 Å². The summed E-state index contributed by atoms with van der Waals surface area (Å²) in [7, 11) is 0. The summed E-state index contributed by atoms with van der Waals surface area (Å²) in [5.41, 5.74) is 2.73. The minimum atomic E-state index is -0.202. The van der Waals surface area contributed by atoms with E-state index >= 15 is 0 Å². The minimum absolute atomic E-state index is 0.0179. The van der Waals surface area contributed by atoms with Crippen molar-refractivity contribution in [3.63, 3.8) is 0 Å². The Bertz CT molecular complexity index is 600. The summed E-state index contributed by atoms with van der Waals surface area (Å²) in [5.74, 6) is 0.938. The summed E-state index contributed by atoms with van der Waals surface area (Å²) in [4.78, 5) is 12.1. The van der Waals surface area contributed by atoms with Crippen molar-refractivity contribution in [3.05, 3.63) is 52.9 Å². The average Bonchev–Trinajstić information content (AvgIpc) is 2.91. The maximum absolute atomic E-state index is 12.1. The molecule has 4 nitrogen and oxygen atoms in total. The monoisotopic (exact) mass is 286 g/mol. The van der Waals surface area contributed by atoms with Crippen LogP contribution in [0.1, 0.15) is 66.5 Å². The zero-order chi connectivity index (χ0) is 15.4. The zero-order valence-electron chi connectivity index (χ0n) is 13.0. The van der Waals surface area contributed by atoms with Gasteiger partial charge in [-0.2, -0.15) is 0 Å². The summed E-state index contributed by atoms with van der Waals surface area (Å²) < 4.78 is 4.94. The molecule has 1 atom stereocenters. The molecule has 1 amide bonds. The Labute approximate surface area is 125 Å². The van der Waals surface area contributed by atoms with Gasteiger partial charge >= 0.3 is 0 Å². The van der Waals surface area contributed by atoms with E-state index < -0.39 is 0 Å². The highest BCUT2D eigenvalue weighted by atomic mass is 16.5. The molecule has 0 aliphatic rings. The Balaban J connectivity index is 2.10. The number of aromatic nitrogens is 1. The molecule has 0 radical (unpaired) electrons. The van der Waals surface area contributed by atoms with E-state index in [2.05, 4.69) is 55.5 Å². The molecule has 2 rings (SSSR count). The standard InChI is InChI=1S/C17H22N2O2/c1-5-15(14-8-6-13(7-9-14)11(2)3)18-17(20)16-10-12(4)21-19-16/h6-11,15H,5H2,1-4H3,(H,18,20)/t15-/m1/s1. The van der Waals surface area contributed by atoms with Crippen molar-refractivity contribution in [3.8, 4) is 0 Å². The van der Waals surface area contributed by atoms with Crippen LogP contribution in [-0.2, 0) is 0 Å². The lowest BCUT2D eigenvalue weighted by atomic mass is 9.98. The second-order valence-electron chi connectivity index (χ2n) is 5.58. The van der Waals surface area contributed by atoms with Crippen LogP contribution in [0.4, 0.5) is 0 Å². The van der Waals surface area contributed by atoms with E-state index in [1.807, 2.05) is 0 Å². The summed E-state index contributed by atoms with van der Waals surface area (Å²) in [6.07, 6.45) is 0.823. The zero-order valence-corrected chi connectivity index (χ0v) is 13.0. The fourth-order valence-corrected chi connectivity index (χ4v) is 2.24. The van der Waals surface area contributed by atoms with Crippen LogP contribution in [0.2, 0.25) is 0 Å². The summed E-state index contributed by atoms with van der Waals surface area (Å²) in [6, 6.07) is 10.0. The molecule has 0 aliphatic heterocycles. The first-order chi connectivity index (χ1) is 10.0. The molecule has 0 aliphatic carbocycles. The van der Waals surface area contributed by atoms with Crippen LogP contribution in [0.3, 0.4) is 0 Å². The fourth-order valence-electron chi connectivity index (χ4n) is 2.24. The molecule has 1 N–H and O–H groups in total. The first kappa shape index (κ1) is 15.3. The Morgan fingerprint density at radius 3 is 2.33 bits per heavy atom. The largest absolute Gasteiger partial charge is 0.361 e. The molecule has 21 heavy (non-hydrogen) atoms. The van der Waals surface area contributed by atoms with Crippen LogP contribution >= 0.6 is 0 Å². The Kier molecular flexibility index (Phi) is 4.78. The van der Waals surface area contributed by atoms with Gasteiger partial charge in [-0.3, -0.25) is 4.79 Å². The summed E-state index contributed by atoms with van der Waals surface area (Å²) >= 11 is 0. The van der Waals surface area contributed by atoms with E-state index in [0.717, 1.165) is 12.0 Å². The van der Waals surface area contributed by atoms with E-state index in [1.165, 1.54) is 5.56 Å². The van der Waals surface area contributed by atoms with Crippen LogP contribution in [0.5, 0.6) is 0 Å². The molecule has 1 heterocycles. The molecule has 0 spiro atoms. The van der Waals surface area contributed by atoms with E-state index in [0.29, 0.717) is 17.4 Å². The van der Waals surface area contributed by atoms with E-state index in [4.69, 9.17) is 4.52 Å². The van der Waals surface area contributed by atoms with Crippen LogP contribution in [0.15, 0.2) is 34.9 Å². The second kappa shape index (κ2) is 6.57. The van der Waals surface area contributed by atoms with Gasteiger partial charge in [0.2, 0.25) is 0 Å². The molecule has 2 aromatic rings. The minimum Gasteiger partial charge on any atom is -0.361 e. The van der Waals surface area contributed by atoms with Crippen LogP contribution < -0.4 is 5.32 Å². The third-order valence-electron chi connectivity index (χ3n) is 3.58. The van der Waals surface area contributed by atoms with Gasteiger partial charge in [-0.1, -0.05) is 50.2 Å². The van der Waals surface area contributed by atoms with Crippen molar-refractivity contribution < 1.29 is 9.32 Å². The van der Waals surface area contributed by atoms with Crippen molar-refractivity contribution in [1.29, 1.82) is 0 Å². The highest BCUT2D eigenvalue weighted by Gasteiger charge is 2.17. The van der Waals surface area contributed by atoms with Crippen LogP contribution in [0, 0.1) is 6.92 Å². The van der Waals surface area contributed by atoms with Crippen molar-refractivity contribution in [2.45, 2.75) is 46.1 Å². The summed E-state index contributed by atoms with van der Waals surface area (Å²) in [6.45, 7) is 8.16. The maximum atomic E-state index is 12.1. The molecule has 0 unspecified atom stereocenters. The first-order valence-electron chi connectivity index (χ1n) is 7.35. The van der Waals surface area contributed by atoms with Gasteiger partial charge in [-0.15, -0.1) is 0 Å². The smallest absolute Gasteiger partial charge is 0.273 e. The Hall–Kier alpha value is -2.10. The van der Waals surface area contributed by atoms with Gasteiger partial charge in [0.25, 0.3) is 5.91 Å². The number of amides is 1.